The van der Waals surface area contributed by atoms with Crippen LogP contribution in [0.25, 0.3) is 11.3 Å². The number of likely N-dealkylation sites (N-methyl/N-ethyl adjacent to an activating group) is 1. The number of benzene rings is 1. The lowest BCUT2D eigenvalue weighted by molar-refractivity contribution is -0.139. The molecule has 1 aromatic heterocycles. The van der Waals surface area contributed by atoms with E-state index >= 15 is 0 Å². The molecule has 5 unspecified atom stereocenters. The van der Waals surface area contributed by atoms with Gasteiger partial charge in [0.05, 0.1) is 11.8 Å². The van der Waals surface area contributed by atoms with Crippen LogP contribution in [0.4, 0.5) is 5.13 Å². The molecule has 0 bridgehead atoms. The first-order chi connectivity index (χ1) is 19.7. The van der Waals surface area contributed by atoms with Gasteiger partial charge in [-0.05, 0) is 38.9 Å². The number of anilines is 1. The van der Waals surface area contributed by atoms with Gasteiger partial charge in [0.15, 0.2) is 10.9 Å². The van der Waals surface area contributed by atoms with Gasteiger partial charge >= 0.3 is 0 Å². The van der Waals surface area contributed by atoms with Gasteiger partial charge in [-0.3, -0.25) is 14.4 Å². The maximum Gasteiger partial charge on any atom is 0.251 e. The molecule has 9 nitrogen and oxygen atoms in total. The van der Waals surface area contributed by atoms with Crippen molar-refractivity contribution in [1.29, 1.82) is 0 Å². The van der Waals surface area contributed by atoms with Gasteiger partial charge in [0.1, 0.15) is 18.7 Å². The zero-order chi connectivity index (χ0) is 29.3. The predicted molar refractivity (Wildman–Crippen MR) is 161 cm³/mol. The fraction of sp³-hybridized carbons (Fsp3) is 0.548. The topological polar surface area (TPSA) is 95.1 Å². The standard InChI is InChI=1S/C31H41N5O4S/c1-6-20(4)26(30(39)36-16-23(15-19(2)3)28-27(36)25(37)17-40-28)33-29(38)22-9-7-21(8-10-22)24-18-41-31(32-24)35-13-11-34(5)12-14-35/h7-10,15,18,20,23,26-28H,6,11-14,16-17H2,1-5H3,(H,33,38). The molecule has 1 N–H and O–H groups in total. The number of likely N-dealkylation sites (tertiary alicyclic amines) is 1. The van der Waals surface area contributed by atoms with Crippen LogP contribution in [0.1, 0.15) is 44.5 Å². The minimum absolute atomic E-state index is 0.0226. The minimum Gasteiger partial charge on any atom is -0.367 e. The smallest absolute Gasteiger partial charge is 0.251 e. The molecule has 3 aliphatic rings. The highest BCUT2D eigenvalue weighted by molar-refractivity contribution is 7.14. The Balaban J connectivity index is 1.28. The molecular weight excluding hydrogens is 538 g/mol. The van der Waals surface area contributed by atoms with Crippen molar-refractivity contribution >= 4 is 34.1 Å². The molecule has 2 amide bonds. The Bertz CT molecular complexity index is 1300. The summed E-state index contributed by atoms with van der Waals surface area (Å²) in [4.78, 5) is 51.1. The van der Waals surface area contributed by atoms with E-state index in [4.69, 9.17) is 9.72 Å². The number of rotatable bonds is 8. The summed E-state index contributed by atoms with van der Waals surface area (Å²) in [5.41, 5.74) is 3.43. The van der Waals surface area contributed by atoms with E-state index in [0.29, 0.717) is 18.5 Å². The Kier molecular flexibility index (Phi) is 8.91. The third kappa shape index (κ3) is 6.24. The van der Waals surface area contributed by atoms with Crippen molar-refractivity contribution in [3.8, 4) is 11.3 Å². The number of carbonyl (C=O) groups excluding carboxylic acids is 3. The van der Waals surface area contributed by atoms with Gasteiger partial charge < -0.3 is 24.8 Å². The zero-order valence-electron chi connectivity index (χ0n) is 24.6. The lowest BCUT2D eigenvalue weighted by atomic mass is 9.96. The summed E-state index contributed by atoms with van der Waals surface area (Å²) in [5, 5.41) is 6.08. The second-order valence-electron chi connectivity index (χ2n) is 11.8. The largest absolute Gasteiger partial charge is 0.367 e. The number of amides is 2. The first kappa shape index (κ1) is 29.4. The van der Waals surface area contributed by atoms with Crippen LogP contribution in [0.15, 0.2) is 41.3 Å². The number of nitrogens with zero attached hydrogens (tertiary/aromatic N) is 4. The summed E-state index contributed by atoms with van der Waals surface area (Å²) in [6, 6.07) is 6.03. The Morgan fingerprint density at radius 1 is 1.17 bits per heavy atom. The van der Waals surface area contributed by atoms with Crippen LogP contribution in [-0.4, -0.2) is 96.9 Å². The Labute approximate surface area is 246 Å². The van der Waals surface area contributed by atoms with Crippen LogP contribution in [0.5, 0.6) is 0 Å². The molecule has 220 valence electrons. The van der Waals surface area contributed by atoms with Crippen LogP contribution < -0.4 is 10.2 Å². The van der Waals surface area contributed by atoms with E-state index < -0.39 is 12.1 Å². The van der Waals surface area contributed by atoms with Crippen molar-refractivity contribution in [3.63, 3.8) is 0 Å². The van der Waals surface area contributed by atoms with Crippen LogP contribution in [0.2, 0.25) is 0 Å². The van der Waals surface area contributed by atoms with Crippen LogP contribution in [-0.2, 0) is 14.3 Å². The van der Waals surface area contributed by atoms with E-state index in [-0.39, 0.29) is 42.1 Å². The number of carbonyl (C=O) groups is 3. The minimum atomic E-state index is -0.739. The summed E-state index contributed by atoms with van der Waals surface area (Å²) >= 11 is 1.64. The second kappa shape index (κ2) is 12.4. The molecule has 0 saturated carbocycles. The number of hydrogen-bond acceptors (Lipinski definition) is 8. The first-order valence-electron chi connectivity index (χ1n) is 14.6. The molecule has 4 heterocycles. The maximum absolute atomic E-state index is 13.9. The van der Waals surface area contributed by atoms with Crippen molar-refractivity contribution in [1.82, 2.24) is 20.1 Å². The normalized spacial score (nSPS) is 24.2. The highest BCUT2D eigenvalue weighted by Gasteiger charge is 2.52. The number of nitrogens with one attached hydrogen (secondary N) is 1. The maximum atomic E-state index is 13.9. The first-order valence-corrected chi connectivity index (χ1v) is 15.4. The third-order valence-electron chi connectivity index (χ3n) is 8.53. The van der Waals surface area contributed by atoms with Gasteiger partial charge in [-0.1, -0.05) is 44.1 Å². The van der Waals surface area contributed by atoms with Gasteiger partial charge in [-0.25, -0.2) is 4.98 Å². The SMILES string of the molecule is CCC(C)C(NC(=O)c1ccc(-c2csc(N3CCN(C)CC3)n2)cc1)C(=O)N1CC(C=C(C)C)C2OCC(=O)C21. The fourth-order valence-electron chi connectivity index (χ4n) is 5.91. The summed E-state index contributed by atoms with van der Waals surface area (Å²) in [5.74, 6) is -0.745. The molecular formula is C31H41N5O4S. The van der Waals surface area contributed by atoms with Crippen molar-refractivity contribution < 1.29 is 19.1 Å². The number of fused-ring (bicyclic) bond motifs is 1. The van der Waals surface area contributed by atoms with Crippen molar-refractivity contribution in [3.05, 3.63) is 46.9 Å². The molecule has 5 atom stereocenters. The van der Waals surface area contributed by atoms with E-state index in [1.165, 1.54) is 0 Å². The van der Waals surface area contributed by atoms with Gasteiger partial charge in [0.2, 0.25) is 5.91 Å². The fourth-order valence-corrected chi connectivity index (χ4v) is 6.80. The van der Waals surface area contributed by atoms with Gasteiger partial charge in [-0.2, -0.15) is 0 Å². The summed E-state index contributed by atoms with van der Waals surface area (Å²) in [7, 11) is 2.14. The Morgan fingerprint density at radius 2 is 1.88 bits per heavy atom. The van der Waals surface area contributed by atoms with Gasteiger partial charge in [0.25, 0.3) is 5.91 Å². The zero-order valence-corrected chi connectivity index (χ0v) is 25.4. The van der Waals surface area contributed by atoms with Crippen LogP contribution in [0, 0.1) is 11.8 Å². The second-order valence-corrected chi connectivity index (χ2v) is 12.6. The molecule has 3 aliphatic heterocycles. The average Bonchev–Trinajstić information content (AvgIpc) is 3.69. The van der Waals surface area contributed by atoms with Crippen molar-refractivity contribution in [2.45, 2.75) is 52.3 Å². The molecule has 2 aromatic rings. The molecule has 3 fully saturated rings. The van der Waals surface area contributed by atoms with Crippen LogP contribution >= 0.6 is 11.3 Å². The van der Waals surface area contributed by atoms with Crippen molar-refractivity contribution in [2.75, 3.05) is 51.3 Å². The van der Waals surface area contributed by atoms with Gasteiger partial charge in [-0.15, -0.1) is 11.3 Å². The van der Waals surface area contributed by atoms with E-state index in [1.807, 2.05) is 39.8 Å². The third-order valence-corrected chi connectivity index (χ3v) is 9.43. The number of piperazine rings is 1. The number of allylic oxidation sites excluding steroid dienone is 1. The highest BCUT2D eigenvalue weighted by atomic mass is 32.1. The van der Waals surface area contributed by atoms with E-state index in [9.17, 15) is 14.4 Å². The monoisotopic (exact) mass is 579 g/mol. The van der Waals surface area contributed by atoms with Crippen molar-refractivity contribution in [2.24, 2.45) is 11.8 Å². The van der Waals surface area contributed by atoms with E-state index in [1.54, 1.807) is 28.4 Å². The quantitative estimate of drug-likeness (QED) is 0.479. The van der Waals surface area contributed by atoms with E-state index in [2.05, 4.69) is 33.6 Å². The Morgan fingerprint density at radius 3 is 2.54 bits per heavy atom. The summed E-state index contributed by atoms with van der Waals surface area (Å²) in [6.07, 6.45) is 2.46. The molecule has 0 radical (unpaired) electrons. The number of aromatic nitrogens is 1. The average molecular weight is 580 g/mol. The molecule has 3 saturated heterocycles. The van der Waals surface area contributed by atoms with E-state index in [0.717, 1.165) is 48.1 Å². The number of ketones is 1. The predicted octanol–water partition coefficient (Wildman–Crippen LogP) is 3.47. The number of Topliss-reactive ketones (excluding diaryl/α,β-unsaturated/α-hetero) is 1. The number of hydrogen-bond donors (Lipinski definition) is 1. The molecule has 10 heteroatoms. The molecule has 1 aromatic carbocycles. The molecule has 0 spiro atoms. The Hall–Kier alpha value is -3.08. The number of thiazole rings is 1. The van der Waals surface area contributed by atoms with Gasteiger partial charge in [0, 0.05) is 55.1 Å². The summed E-state index contributed by atoms with van der Waals surface area (Å²) < 4.78 is 5.80. The molecule has 41 heavy (non-hydrogen) atoms. The molecule has 5 rings (SSSR count). The number of ether oxygens (including phenoxy) is 1. The molecule has 0 aliphatic carbocycles. The lowest BCUT2D eigenvalue weighted by Gasteiger charge is -2.32. The highest BCUT2D eigenvalue weighted by Crippen LogP contribution is 2.34. The van der Waals surface area contributed by atoms with Crippen LogP contribution in [0.3, 0.4) is 0 Å². The summed E-state index contributed by atoms with van der Waals surface area (Å²) in [6.45, 7) is 12.4. The lowest BCUT2D eigenvalue weighted by Crippen LogP contribution is -2.54.